The smallest absolute Gasteiger partial charge is 0.253 e. The second kappa shape index (κ2) is 4.74. The molecule has 0 bridgehead atoms. The first kappa shape index (κ1) is 15.3. The number of carbonyl (C=O) groups is 1. The molecule has 1 saturated carbocycles. The monoisotopic (exact) mass is 294 g/mol. The summed E-state index contributed by atoms with van der Waals surface area (Å²) in [6.07, 6.45) is 0. The highest BCUT2D eigenvalue weighted by Gasteiger charge is 2.60. The average Bonchev–Trinajstić information content (AvgIpc) is 2.37. The molecule has 0 saturated heterocycles. The molecule has 3 N–H and O–H groups in total. The number of carbonyl (C=O) groups excluding carboxylic acids is 1. The van der Waals surface area contributed by atoms with Gasteiger partial charge in [-0.1, -0.05) is 51.4 Å². The van der Waals surface area contributed by atoms with Crippen LogP contribution >= 0.6 is 11.6 Å². The molecule has 0 aliphatic heterocycles. The lowest BCUT2D eigenvalue weighted by atomic mass is 9.48. The van der Waals surface area contributed by atoms with Crippen molar-refractivity contribution in [3.05, 3.63) is 34.3 Å². The molecule has 1 aliphatic carbocycles. The van der Waals surface area contributed by atoms with Crippen molar-refractivity contribution in [2.24, 2.45) is 16.6 Å². The van der Waals surface area contributed by atoms with Gasteiger partial charge in [-0.25, -0.2) is 0 Å². The SMILES string of the molecule is Cc1cccc(C(=O)NC2C(C)(C)C(N)C2(C)C)c1Cl. The van der Waals surface area contributed by atoms with E-state index in [1.165, 1.54) is 0 Å². The predicted molar refractivity (Wildman–Crippen MR) is 83.0 cm³/mol. The third-order valence-corrected chi connectivity index (χ3v) is 5.30. The third-order valence-electron chi connectivity index (χ3n) is 4.80. The van der Waals surface area contributed by atoms with Crippen LogP contribution in [0.15, 0.2) is 18.2 Å². The number of amides is 1. The van der Waals surface area contributed by atoms with Gasteiger partial charge in [0.1, 0.15) is 0 Å². The Kier molecular flexibility index (Phi) is 3.64. The fraction of sp³-hybridized carbons (Fsp3) is 0.562. The van der Waals surface area contributed by atoms with Crippen LogP contribution in [-0.4, -0.2) is 18.0 Å². The maximum absolute atomic E-state index is 12.5. The van der Waals surface area contributed by atoms with Crippen LogP contribution in [-0.2, 0) is 0 Å². The molecule has 0 spiro atoms. The molecule has 20 heavy (non-hydrogen) atoms. The number of benzene rings is 1. The van der Waals surface area contributed by atoms with Gasteiger partial charge in [-0.15, -0.1) is 0 Å². The molecule has 1 aromatic rings. The number of hydrogen-bond donors (Lipinski definition) is 2. The quantitative estimate of drug-likeness (QED) is 0.880. The summed E-state index contributed by atoms with van der Waals surface area (Å²) < 4.78 is 0. The molecule has 1 fully saturated rings. The molecule has 1 amide bonds. The number of halogens is 1. The zero-order chi connectivity index (χ0) is 15.3. The molecule has 2 rings (SSSR count). The van der Waals surface area contributed by atoms with Crippen LogP contribution in [0.5, 0.6) is 0 Å². The summed E-state index contributed by atoms with van der Waals surface area (Å²) >= 11 is 6.22. The Morgan fingerprint density at radius 2 is 1.80 bits per heavy atom. The predicted octanol–water partition coefficient (Wildman–Crippen LogP) is 3.14. The summed E-state index contributed by atoms with van der Waals surface area (Å²) in [7, 11) is 0. The lowest BCUT2D eigenvalue weighted by Gasteiger charge is -2.62. The highest BCUT2D eigenvalue weighted by Crippen LogP contribution is 2.52. The van der Waals surface area contributed by atoms with E-state index in [-0.39, 0.29) is 28.8 Å². The molecular formula is C16H23ClN2O. The summed E-state index contributed by atoms with van der Waals surface area (Å²) in [5.74, 6) is -0.128. The Morgan fingerprint density at radius 3 is 2.35 bits per heavy atom. The van der Waals surface area contributed by atoms with Crippen LogP contribution in [0.1, 0.15) is 43.6 Å². The fourth-order valence-corrected chi connectivity index (χ4v) is 3.80. The van der Waals surface area contributed by atoms with Crippen LogP contribution in [0.3, 0.4) is 0 Å². The van der Waals surface area contributed by atoms with Gasteiger partial charge < -0.3 is 11.1 Å². The van der Waals surface area contributed by atoms with Gasteiger partial charge in [0.05, 0.1) is 10.6 Å². The Labute approximate surface area is 125 Å². The van der Waals surface area contributed by atoms with E-state index in [0.717, 1.165) is 5.56 Å². The van der Waals surface area contributed by atoms with E-state index in [0.29, 0.717) is 10.6 Å². The van der Waals surface area contributed by atoms with Crippen molar-refractivity contribution < 1.29 is 4.79 Å². The van der Waals surface area contributed by atoms with Gasteiger partial charge >= 0.3 is 0 Å². The topological polar surface area (TPSA) is 55.1 Å². The van der Waals surface area contributed by atoms with Crippen molar-refractivity contribution in [3.63, 3.8) is 0 Å². The largest absolute Gasteiger partial charge is 0.348 e. The molecule has 4 heteroatoms. The summed E-state index contributed by atoms with van der Waals surface area (Å²) in [6.45, 7) is 10.3. The first-order valence-electron chi connectivity index (χ1n) is 6.91. The van der Waals surface area contributed by atoms with Crippen LogP contribution in [0.25, 0.3) is 0 Å². The maximum Gasteiger partial charge on any atom is 0.253 e. The maximum atomic E-state index is 12.5. The molecule has 3 nitrogen and oxygen atoms in total. The van der Waals surface area contributed by atoms with Crippen molar-refractivity contribution in [1.82, 2.24) is 5.32 Å². The first-order chi connectivity index (χ1) is 9.10. The van der Waals surface area contributed by atoms with Gasteiger partial charge in [0.2, 0.25) is 0 Å². The van der Waals surface area contributed by atoms with Crippen molar-refractivity contribution in [2.45, 2.75) is 46.7 Å². The summed E-state index contributed by atoms with van der Waals surface area (Å²) in [6, 6.07) is 5.59. The molecule has 1 aliphatic rings. The van der Waals surface area contributed by atoms with E-state index >= 15 is 0 Å². The second-order valence-electron chi connectivity index (χ2n) is 6.96. The summed E-state index contributed by atoms with van der Waals surface area (Å²) in [4.78, 5) is 12.5. The minimum Gasteiger partial charge on any atom is -0.348 e. The van der Waals surface area contributed by atoms with Gasteiger partial charge in [0.15, 0.2) is 0 Å². The highest BCUT2D eigenvalue weighted by atomic mass is 35.5. The van der Waals surface area contributed by atoms with Crippen LogP contribution in [0.2, 0.25) is 5.02 Å². The van der Waals surface area contributed by atoms with Gasteiger partial charge in [-0.3, -0.25) is 4.79 Å². The Bertz CT molecular complexity index is 535. The standard InChI is InChI=1S/C16H23ClN2O/c1-9-7-6-8-10(11(9)17)12(20)19-14-15(2,3)13(18)16(14,4)5/h6-8,13-14H,18H2,1-5H3,(H,19,20). The normalized spacial score (nSPS) is 26.8. The van der Waals surface area contributed by atoms with Crippen molar-refractivity contribution in [3.8, 4) is 0 Å². The molecule has 0 radical (unpaired) electrons. The number of nitrogens with one attached hydrogen (secondary N) is 1. The Balaban J connectivity index is 2.23. The van der Waals surface area contributed by atoms with Gasteiger partial charge in [-0.2, -0.15) is 0 Å². The minimum atomic E-state index is -0.128. The summed E-state index contributed by atoms with van der Waals surface area (Å²) in [5.41, 5.74) is 7.42. The van der Waals surface area contributed by atoms with Crippen LogP contribution < -0.4 is 11.1 Å². The van der Waals surface area contributed by atoms with E-state index < -0.39 is 0 Å². The Hall–Kier alpha value is -1.06. The van der Waals surface area contributed by atoms with E-state index in [1.807, 2.05) is 19.1 Å². The molecule has 0 atom stereocenters. The van der Waals surface area contributed by atoms with Crippen molar-refractivity contribution in [2.75, 3.05) is 0 Å². The van der Waals surface area contributed by atoms with Gasteiger partial charge in [-0.05, 0) is 18.6 Å². The molecular weight excluding hydrogens is 272 g/mol. The highest BCUT2D eigenvalue weighted by molar-refractivity contribution is 6.34. The van der Waals surface area contributed by atoms with E-state index in [4.69, 9.17) is 17.3 Å². The minimum absolute atomic E-state index is 0.0362. The number of nitrogens with two attached hydrogens (primary N) is 1. The van der Waals surface area contributed by atoms with E-state index in [2.05, 4.69) is 33.0 Å². The van der Waals surface area contributed by atoms with E-state index in [9.17, 15) is 4.79 Å². The van der Waals surface area contributed by atoms with Crippen LogP contribution in [0, 0.1) is 17.8 Å². The van der Waals surface area contributed by atoms with Gasteiger partial charge in [0, 0.05) is 22.9 Å². The van der Waals surface area contributed by atoms with E-state index in [1.54, 1.807) is 6.07 Å². The number of hydrogen-bond acceptors (Lipinski definition) is 2. The molecule has 110 valence electrons. The van der Waals surface area contributed by atoms with Crippen LogP contribution in [0.4, 0.5) is 0 Å². The van der Waals surface area contributed by atoms with Crippen molar-refractivity contribution >= 4 is 17.5 Å². The second-order valence-corrected chi connectivity index (χ2v) is 7.34. The summed E-state index contributed by atoms with van der Waals surface area (Å²) in [5, 5.41) is 3.63. The average molecular weight is 295 g/mol. The number of rotatable bonds is 2. The molecule has 0 aromatic heterocycles. The Morgan fingerprint density at radius 1 is 1.25 bits per heavy atom. The zero-order valence-corrected chi connectivity index (χ0v) is 13.5. The van der Waals surface area contributed by atoms with Crippen molar-refractivity contribution in [1.29, 1.82) is 0 Å². The first-order valence-corrected chi connectivity index (χ1v) is 7.29. The lowest BCUT2D eigenvalue weighted by molar-refractivity contribution is -0.0663. The van der Waals surface area contributed by atoms with Gasteiger partial charge in [0.25, 0.3) is 5.91 Å². The lowest BCUT2D eigenvalue weighted by Crippen LogP contribution is -2.76. The third kappa shape index (κ3) is 2.13. The fourth-order valence-electron chi connectivity index (χ4n) is 3.58. The number of aryl methyl sites for hydroxylation is 1. The molecule has 0 unspecified atom stereocenters. The molecule has 0 heterocycles. The zero-order valence-electron chi connectivity index (χ0n) is 12.8. The molecule has 1 aromatic carbocycles.